The van der Waals surface area contributed by atoms with Gasteiger partial charge in [-0.15, -0.1) is 0 Å². The van der Waals surface area contributed by atoms with E-state index in [2.05, 4.69) is 15.6 Å². The highest BCUT2D eigenvalue weighted by atomic mass is 35.5. The number of carbonyl (C=O) groups excluding carboxylic acids is 3. The number of ether oxygens (including phenoxy) is 2. The fourth-order valence-electron chi connectivity index (χ4n) is 4.75. The number of benzene rings is 2. The Kier molecular flexibility index (Phi) is 9.00. The average molecular weight is 618 g/mol. The lowest BCUT2D eigenvalue weighted by atomic mass is 10.1. The number of methoxy groups -OCH3 is 1. The third kappa shape index (κ3) is 6.90. The van der Waals surface area contributed by atoms with E-state index in [0.29, 0.717) is 12.2 Å². The first-order valence-electron chi connectivity index (χ1n) is 13.5. The fourth-order valence-corrected chi connectivity index (χ4v) is 5.01. The molecule has 0 aliphatic heterocycles. The molecule has 3 amide bonds. The normalized spacial score (nSPS) is 17.7. The summed E-state index contributed by atoms with van der Waals surface area (Å²) < 4.78 is 40.4. The maximum atomic E-state index is 14.6. The van der Waals surface area contributed by atoms with Crippen LogP contribution < -0.4 is 15.4 Å². The zero-order valence-corrected chi connectivity index (χ0v) is 25.7. The van der Waals surface area contributed by atoms with Crippen LogP contribution in [0.2, 0.25) is 5.02 Å². The minimum atomic E-state index is -1.15. The SMILES string of the molecule is COc1ccc(-c2cnc(C(=O)Nc3ccc(C(=O)NC4[C@@H](CN(C)C(=O)OC(C)(C)C)[C@H]4C)c(Cl)c3)n2C)c(F)c1F. The van der Waals surface area contributed by atoms with E-state index in [9.17, 15) is 23.2 Å². The van der Waals surface area contributed by atoms with Crippen LogP contribution in [0.3, 0.4) is 0 Å². The average Bonchev–Trinajstić information content (AvgIpc) is 3.32. The molecule has 1 heterocycles. The molecule has 13 heteroatoms. The third-order valence-electron chi connectivity index (χ3n) is 7.26. The number of anilines is 1. The summed E-state index contributed by atoms with van der Waals surface area (Å²) >= 11 is 6.40. The van der Waals surface area contributed by atoms with Crippen LogP contribution in [0.1, 0.15) is 48.7 Å². The number of halogens is 3. The van der Waals surface area contributed by atoms with Gasteiger partial charge in [0.25, 0.3) is 11.8 Å². The van der Waals surface area contributed by atoms with E-state index in [1.54, 1.807) is 27.8 Å². The molecule has 0 bridgehead atoms. The molecule has 0 spiro atoms. The van der Waals surface area contributed by atoms with Crippen LogP contribution in [0.5, 0.6) is 5.75 Å². The Balaban J connectivity index is 1.39. The van der Waals surface area contributed by atoms with Gasteiger partial charge < -0.3 is 29.6 Å². The van der Waals surface area contributed by atoms with Crippen molar-refractivity contribution in [2.45, 2.75) is 39.3 Å². The molecule has 2 N–H and O–H groups in total. The number of hydrogen-bond donors (Lipinski definition) is 2. The van der Waals surface area contributed by atoms with Gasteiger partial charge in [0.1, 0.15) is 5.60 Å². The van der Waals surface area contributed by atoms with Crippen LogP contribution in [0.4, 0.5) is 19.3 Å². The number of rotatable bonds is 8. The maximum absolute atomic E-state index is 14.6. The van der Waals surface area contributed by atoms with Crippen molar-refractivity contribution in [1.82, 2.24) is 19.8 Å². The van der Waals surface area contributed by atoms with Gasteiger partial charge in [-0.1, -0.05) is 18.5 Å². The van der Waals surface area contributed by atoms with Crippen molar-refractivity contribution >= 4 is 35.2 Å². The highest BCUT2D eigenvalue weighted by molar-refractivity contribution is 6.34. The Morgan fingerprint density at radius 1 is 1.12 bits per heavy atom. The van der Waals surface area contributed by atoms with Crippen LogP contribution in [0.15, 0.2) is 36.5 Å². The van der Waals surface area contributed by atoms with Crippen LogP contribution in [-0.4, -0.2) is 64.7 Å². The highest BCUT2D eigenvalue weighted by Gasteiger charge is 2.48. The second-order valence-corrected chi connectivity index (χ2v) is 11.9. The molecule has 1 fully saturated rings. The minimum Gasteiger partial charge on any atom is -0.494 e. The number of amides is 3. The quantitative estimate of drug-likeness (QED) is 0.344. The summed E-state index contributed by atoms with van der Waals surface area (Å²) in [6.07, 6.45) is 0.831. The molecule has 43 heavy (non-hydrogen) atoms. The molecule has 0 saturated heterocycles. The molecule has 1 aromatic heterocycles. The summed E-state index contributed by atoms with van der Waals surface area (Å²) in [7, 11) is 4.38. The van der Waals surface area contributed by atoms with E-state index >= 15 is 0 Å². The van der Waals surface area contributed by atoms with E-state index in [-0.39, 0.29) is 57.2 Å². The first kappa shape index (κ1) is 31.7. The summed E-state index contributed by atoms with van der Waals surface area (Å²) in [5.74, 6) is -3.38. The van der Waals surface area contributed by atoms with Crippen molar-refractivity contribution in [2.24, 2.45) is 18.9 Å². The zero-order valence-electron chi connectivity index (χ0n) is 24.9. The summed E-state index contributed by atoms with van der Waals surface area (Å²) in [5.41, 5.74) is 0.00566. The van der Waals surface area contributed by atoms with Gasteiger partial charge in [-0.25, -0.2) is 14.2 Å². The van der Waals surface area contributed by atoms with E-state index in [4.69, 9.17) is 21.1 Å². The molecule has 3 aromatic rings. The summed E-state index contributed by atoms with van der Waals surface area (Å²) in [4.78, 5) is 43.8. The minimum absolute atomic E-state index is 0.0596. The monoisotopic (exact) mass is 617 g/mol. The number of hydrogen-bond acceptors (Lipinski definition) is 6. The molecule has 1 saturated carbocycles. The Morgan fingerprint density at radius 2 is 1.81 bits per heavy atom. The van der Waals surface area contributed by atoms with Gasteiger partial charge in [0.05, 0.1) is 29.6 Å². The van der Waals surface area contributed by atoms with Gasteiger partial charge in [-0.2, -0.15) is 4.39 Å². The van der Waals surface area contributed by atoms with E-state index in [1.807, 2.05) is 6.92 Å². The van der Waals surface area contributed by atoms with E-state index in [0.717, 1.165) is 0 Å². The van der Waals surface area contributed by atoms with Crippen LogP contribution in [-0.2, 0) is 11.8 Å². The van der Waals surface area contributed by atoms with Crippen molar-refractivity contribution in [3.05, 3.63) is 64.6 Å². The van der Waals surface area contributed by atoms with Gasteiger partial charge in [0.15, 0.2) is 17.4 Å². The lowest BCUT2D eigenvalue weighted by Gasteiger charge is -2.24. The topological polar surface area (TPSA) is 115 Å². The van der Waals surface area contributed by atoms with Crippen molar-refractivity contribution in [3.63, 3.8) is 0 Å². The van der Waals surface area contributed by atoms with E-state index in [1.165, 1.54) is 60.2 Å². The Labute approximate surface area is 253 Å². The predicted molar refractivity (Wildman–Crippen MR) is 157 cm³/mol. The molecule has 1 aliphatic rings. The molecule has 1 unspecified atom stereocenters. The largest absolute Gasteiger partial charge is 0.494 e. The fraction of sp³-hybridized carbons (Fsp3) is 0.400. The molecule has 0 radical (unpaired) electrons. The van der Waals surface area contributed by atoms with Gasteiger partial charge >= 0.3 is 6.09 Å². The molecular formula is C30H34ClF2N5O5. The molecule has 1 aliphatic carbocycles. The second-order valence-electron chi connectivity index (χ2n) is 11.5. The predicted octanol–water partition coefficient (Wildman–Crippen LogP) is 5.51. The number of imidazole rings is 1. The smallest absolute Gasteiger partial charge is 0.410 e. The number of carbonyl (C=O) groups is 3. The van der Waals surface area contributed by atoms with Gasteiger partial charge in [-0.05, 0) is 57.0 Å². The van der Waals surface area contributed by atoms with E-state index < -0.39 is 29.2 Å². The summed E-state index contributed by atoms with van der Waals surface area (Å²) in [6.45, 7) is 7.81. The van der Waals surface area contributed by atoms with Crippen LogP contribution in [0, 0.1) is 23.5 Å². The Bertz CT molecular complexity index is 1570. The molecule has 4 rings (SSSR count). The Morgan fingerprint density at radius 3 is 2.44 bits per heavy atom. The van der Waals surface area contributed by atoms with Gasteiger partial charge in [-0.3, -0.25) is 9.59 Å². The first-order valence-corrected chi connectivity index (χ1v) is 13.9. The van der Waals surface area contributed by atoms with Crippen molar-refractivity contribution in [1.29, 1.82) is 0 Å². The van der Waals surface area contributed by atoms with Crippen molar-refractivity contribution in [3.8, 4) is 17.0 Å². The number of aromatic nitrogens is 2. The second kappa shape index (κ2) is 12.2. The lowest BCUT2D eigenvalue weighted by Crippen LogP contribution is -2.36. The molecule has 230 valence electrons. The van der Waals surface area contributed by atoms with Crippen LogP contribution in [0.25, 0.3) is 11.3 Å². The molecule has 2 aromatic carbocycles. The van der Waals surface area contributed by atoms with Crippen molar-refractivity contribution in [2.75, 3.05) is 26.0 Å². The van der Waals surface area contributed by atoms with Crippen molar-refractivity contribution < 1.29 is 32.6 Å². The Hall–Kier alpha value is -4.19. The van der Waals surface area contributed by atoms with Crippen LogP contribution >= 0.6 is 11.6 Å². The summed E-state index contributed by atoms with van der Waals surface area (Å²) in [5, 5.41) is 5.73. The molecular weight excluding hydrogens is 584 g/mol. The number of nitrogens with one attached hydrogen (secondary N) is 2. The van der Waals surface area contributed by atoms with Gasteiger partial charge in [0, 0.05) is 43.9 Å². The summed E-state index contributed by atoms with van der Waals surface area (Å²) in [6, 6.07) is 6.92. The number of nitrogens with zero attached hydrogens (tertiary/aromatic N) is 3. The first-order chi connectivity index (χ1) is 20.1. The third-order valence-corrected chi connectivity index (χ3v) is 7.57. The standard InChI is InChI=1S/C30H34ClF2N5O5/c1-15-19(14-37(5)29(41)43-30(2,3)4)25(15)36-27(39)17-9-8-16(12-20(17)31)35-28(40)26-34-13-21(38(26)6)18-10-11-22(42-7)24(33)23(18)32/h8-13,15,19,25H,14H2,1-7H3,(H,35,40)(H,36,39)/t15-,19+,25?/m1/s1. The highest BCUT2D eigenvalue weighted by Crippen LogP contribution is 2.39. The maximum Gasteiger partial charge on any atom is 0.410 e. The lowest BCUT2D eigenvalue weighted by molar-refractivity contribution is 0.0288. The van der Waals surface area contributed by atoms with Gasteiger partial charge in [0.2, 0.25) is 5.82 Å². The molecule has 3 atom stereocenters. The molecule has 10 nitrogen and oxygen atoms in total. The zero-order chi connectivity index (χ0) is 31.8.